The second-order valence-corrected chi connectivity index (χ2v) is 9.28. The molecule has 0 aliphatic carbocycles. The lowest BCUT2D eigenvalue weighted by atomic mass is 10.0. The van der Waals surface area contributed by atoms with Gasteiger partial charge in [-0.1, -0.05) is 6.42 Å². The van der Waals surface area contributed by atoms with Gasteiger partial charge >= 0.3 is 6.03 Å². The van der Waals surface area contributed by atoms with E-state index in [0.717, 1.165) is 25.0 Å². The highest BCUT2D eigenvalue weighted by Crippen LogP contribution is 2.33. The molecule has 198 valence electrons. The van der Waals surface area contributed by atoms with Crippen molar-refractivity contribution >= 4 is 23.7 Å². The smallest absolute Gasteiger partial charge is 0.315 e. The molecule has 0 unspecified atom stereocenters. The van der Waals surface area contributed by atoms with Gasteiger partial charge in [0.05, 0.1) is 84.8 Å². The molecule has 3 amide bonds. The van der Waals surface area contributed by atoms with Crippen molar-refractivity contribution in [3.63, 3.8) is 0 Å². The maximum atomic E-state index is 11.9. The number of nitrogens with one attached hydrogen (secondary N) is 3. The van der Waals surface area contributed by atoms with E-state index >= 15 is 0 Å². The lowest BCUT2D eigenvalue weighted by molar-refractivity contribution is -0.121. The summed E-state index contributed by atoms with van der Waals surface area (Å²) in [5, 5.41) is 17.8. The second-order valence-electron chi connectivity index (χ2n) is 8.00. The molecule has 0 spiro atoms. The summed E-state index contributed by atoms with van der Waals surface area (Å²) in [5.74, 6) is 1.01. The maximum Gasteiger partial charge on any atom is 0.315 e. The van der Waals surface area contributed by atoms with E-state index in [2.05, 4.69) is 16.0 Å². The van der Waals surface area contributed by atoms with Crippen molar-refractivity contribution in [1.29, 1.82) is 0 Å². The van der Waals surface area contributed by atoms with E-state index in [-0.39, 0.29) is 30.6 Å². The van der Waals surface area contributed by atoms with Crippen LogP contribution in [0.2, 0.25) is 0 Å². The van der Waals surface area contributed by atoms with E-state index < -0.39 is 0 Å². The number of aliphatic hydroxyl groups excluding tert-OH is 1. The Hall–Kier alpha value is -1.15. The zero-order valence-corrected chi connectivity index (χ0v) is 20.8. The Kier molecular flexibility index (Phi) is 16.3. The zero-order chi connectivity index (χ0) is 24.3. The molecule has 0 aromatic carbocycles. The molecular formula is C22H41N3O8S. The SMILES string of the molecule is O=C(CCCC[C@H]1SC[C@H]2NC(=O)N[C@H]21)NCCOCCOCCOCCOCCOCCO. The summed E-state index contributed by atoms with van der Waals surface area (Å²) in [4.78, 5) is 23.3. The molecular weight excluding hydrogens is 466 g/mol. The van der Waals surface area contributed by atoms with Crippen LogP contribution in [0.15, 0.2) is 0 Å². The Bertz CT molecular complexity index is 560. The molecule has 2 saturated heterocycles. The largest absolute Gasteiger partial charge is 0.394 e. The predicted octanol–water partition coefficient (Wildman–Crippen LogP) is -0.0963. The van der Waals surface area contributed by atoms with Crippen molar-refractivity contribution in [3.05, 3.63) is 0 Å². The first-order valence-electron chi connectivity index (χ1n) is 12.2. The Morgan fingerprint density at radius 1 is 0.882 bits per heavy atom. The molecule has 3 atom stereocenters. The number of ether oxygens (including phenoxy) is 5. The number of hydrogen-bond donors (Lipinski definition) is 4. The van der Waals surface area contributed by atoms with Gasteiger partial charge in [-0.2, -0.15) is 11.8 Å². The number of carbonyl (C=O) groups is 2. The Balaban J connectivity index is 1.26. The van der Waals surface area contributed by atoms with Gasteiger partial charge in [0, 0.05) is 24.0 Å². The van der Waals surface area contributed by atoms with Crippen LogP contribution < -0.4 is 16.0 Å². The highest BCUT2D eigenvalue weighted by molar-refractivity contribution is 8.00. The molecule has 0 aromatic heterocycles. The summed E-state index contributed by atoms with van der Waals surface area (Å²) >= 11 is 1.90. The molecule has 2 heterocycles. The van der Waals surface area contributed by atoms with Gasteiger partial charge in [-0.05, 0) is 12.8 Å². The van der Waals surface area contributed by atoms with Crippen LogP contribution in [0.1, 0.15) is 25.7 Å². The molecule has 34 heavy (non-hydrogen) atoms. The van der Waals surface area contributed by atoms with Gasteiger partial charge in [-0.25, -0.2) is 4.79 Å². The Morgan fingerprint density at radius 2 is 1.47 bits per heavy atom. The average molecular weight is 508 g/mol. The monoisotopic (exact) mass is 507 g/mol. The molecule has 2 rings (SSSR count). The first-order valence-corrected chi connectivity index (χ1v) is 13.2. The minimum Gasteiger partial charge on any atom is -0.394 e. The van der Waals surface area contributed by atoms with Gasteiger partial charge in [-0.15, -0.1) is 0 Å². The number of rotatable bonds is 22. The van der Waals surface area contributed by atoms with Gasteiger partial charge in [0.2, 0.25) is 5.91 Å². The van der Waals surface area contributed by atoms with Crippen LogP contribution in [-0.2, 0) is 28.5 Å². The van der Waals surface area contributed by atoms with Crippen LogP contribution in [0.25, 0.3) is 0 Å². The van der Waals surface area contributed by atoms with E-state index in [1.54, 1.807) is 0 Å². The fourth-order valence-electron chi connectivity index (χ4n) is 3.67. The molecule has 2 fully saturated rings. The molecule has 12 heteroatoms. The van der Waals surface area contributed by atoms with Crippen LogP contribution >= 0.6 is 11.8 Å². The van der Waals surface area contributed by atoms with Gasteiger partial charge in [0.15, 0.2) is 0 Å². The summed E-state index contributed by atoms with van der Waals surface area (Å²) in [6.45, 7) is 5.18. The van der Waals surface area contributed by atoms with Crippen molar-refractivity contribution in [3.8, 4) is 0 Å². The van der Waals surface area contributed by atoms with Crippen molar-refractivity contribution in [2.24, 2.45) is 0 Å². The predicted molar refractivity (Wildman–Crippen MR) is 128 cm³/mol. The normalized spacial score (nSPS) is 21.3. The molecule has 2 aliphatic heterocycles. The zero-order valence-electron chi connectivity index (χ0n) is 20.0. The van der Waals surface area contributed by atoms with E-state index in [1.807, 2.05) is 11.8 Å². The van der Waals surface area contributed by atoms with Gasteiger partial charge < -0.3 is 44.7 Å². The third-order valence-electron chi connectivity index (χ3n) is 5.37. The number of aliphatic hydroxyl groups is 1. The maximum absolute atomic E-state index is 11.9. The van der Waals surface area contributed by atoms with E-state index in [4.69, 9.17) is 28.8 Å². The topological polar surface area (TPSA) is 137 Å². The highest BCUT2D eigenvalue weighted by atomic mass is 32.2. The minimum absolute atomic E-state index is 0.0226. The van der Waals surface area contributed by atoms with Crippen LogP contribution in [0.5, 0.6) is 0 Å². The van der Waals surface area contributed by atoms with Crippen molar-refractivity contribution in [2.45, 2.75) is 43.0 Å². The van der Waals surface area contributed by atoms with E-state index in [9.17, 15) is 9.59 Å². The lowest BCUT2D eigenvalue weighted by Crippen LogP contribution is -2.36. The van der Waals surface area contributed by atoms with Crippen LogP contribution in [-0.4, -0.2) is 119 Å². The third-order valence-corrected chi connectivity index (χ3v) is 6.88. The number of amides is 3. The molecule has 11 nitrogen and oxygen atoms in total. The summed E-state index contributed by atoms with van der Waals surface area (Å²) in [7, 11) is 0. The number of urea groups is 1. The standard InChI is InChI=1S/C22H41N3O8S/c26-6-8-30-10-12-32-14-16-33-15-13-31-11-9-29-7-5-23-20(27)4-2-1-3-19-21-18(17-34-19)24-22(28)25-21/h18-19,21,26H,1-17H2,(H,23,27)(H2,24,25,28)/t18-,19-,21-/m1/s1. The molecule has 0 bridgehead atoms. The van der Waals surface area contributed by atoms with Crippen molar-refractivity contribution < 1.29 is 38.4 Å². The minimum atomic E-state index is -0.0573. The fraction of sp³-hybridized carbons (Fsp3) is 0.909. The van der Waals surface area contributed by atoms with E-state index in [1.165, 1.54) is 0 Å². The number of unbranched alkanes of at least 4 members (excludes halogenated alkanes) is 1. The molecule has 0 aromatic rings. The fourth-order valence-corrected chi connectivity index (χ4v) is 5.21. The quantitative estimate of drug-likeness (QED) is 0.117. The molecule has 0 saturated carbocycles. The second kappa shape index (κ2) is 19.1. The number of fused-ring (bicyclic) bond motifs is 1. The summed E-state index contributed by atoms with van der Waals surface area (Å²) in [6, 6.07) is 0.428. The van der Waals surface area contributed by atoms with Crippen LogP contribution in [0, 0.1) is 0 Å². The van der Waals surface area contributed by atoms with Crippen molar-refractivity contribution in [2.75, 3.05) is 85.0 Å². The molecule has 4 N–H and O–H groups in total. The van der Waals surface area contributed by atoms with Crippen molar-refractivity contribution in [1.82, 2.24) is 16.0 Å². The first kappa shape index (κ1) is 29.1. The molecule has 0 radical (unpaired) electrons. The number of thioether (sulfide) groups is 1. The van der Waals surface area contributed by atoms with Gasteiger partial charge in [0.25, 0.3) is 0 Å². The van der Waals surface area contributed by atoms with Gasteiger partial charge in [0.1, 0.15) is 0 Å². The number of hydrogen-bond acceptors (Lipinski definition) is 9. The van der Waals surface area contributed by atoms with E-state index in [0.29, 0.717) is 84.3 Å². The first-order chi connectivity index (χ1) is 16.7. The number of carbonyl (C=O) groups excluding carboxylic acids is 2. The summed E-state index contributed by atoms with van der Waals surface area (Å²) < 4.78 is 26.6. The Labute approximate surface area is 206 Å². The Morgan fingerprint density at radius 3 is 2.09 bits per heavy atom. The van der Waals surface area contributed by atoms with Crippen LogP contribution in [0.4, 0.5) is 4.79 Å². The lowest BCUT2D eigenvalue weighted by Gasteiger charge is -2.16. The van der Waals surface area contributed by atoms with Gasteiger partial charge in [-0.3, -0.25) is 4.79 Å². The average Bonchev–Trinajstić information content (AvgIpc) is 3.38. The summed E-state index contributed by atoms with van der Waals surface area (Å²) in [5.41, 5.74) is 0. The van der Waals surface area contributed by atoms with Crippen LogP contribution in [0.3, 0.4) is 0 Å². The molecule has 2 aliphatic rings. The summed E-state index contributed by atoms with van der Waals surface area (Å²) in [6.07, 6.45) is 3.37. The highest BCUT2D eigenvalue weighted by Gasteiger charge is 2.42. The third kappa shape index (κ3) is 13.1.